The predicted octanol–water partition coefficient (Wildman–Crippen LogP) is 5.80. The first-order chi connectivity index (χ1) is 12.9. The van der Waals surface area contributed by atoms with Crippen LogP contribution >= 0.6 is 0 Å². The number of rotatable bonds is 7. The molecule has 4 heteroatoms. The van der Waals surface area contributed by atoms with E-state index < -0.39 is 5.41 Å². The third-order valence-electron chi connectivity index (χ3n) is 4.62. The zero-order valence-corrected chi connectivity index (χ0v) is 17.6. The van der Waals surface area contributed by atoms with Crippen molar-refractivity contribution < 1.29 is 19.0 Å². The van der Waals surface area contributed by atoms with Crippen LogP contribution in [0, 0.1) is 11.2 Å². The lowest BCUT2D eigenvalue weighted by Crippen LogP contribution is -2.28. The fourth-order valence-corrected chi connectivity index (χ4v) is 3.08. The molecular formula is C23H33FO3. The topological polar surface area (TPSA) is 38.7 Å². The lowest BCUT2D eigenvalue weighted by molar-refractivity contribution is -0.0252. The SMILES string of the molecule is CC.CCc1ccc(-c2cc(OC)ccc2F)c(C(OC)C(C)(C)CO)c1. The van der Waals surface area contributed by atoms with E-state index in [1.807, 2.05) is 45.9 Å². The zero-order chi connectivity index (χ0) is 20.6. The summed E-state index contributed by atoms with van der Waals surface area (Å²) in [6, 6.07) is 10.7. The van der Waals surface area contributed by atoms with Gasteiger partial charge in [-0.25, -0.2) is 4.39 Å². The first-order valence-electron chi connectivity index (χ1n) is 9.48. The van der Waals surface area contributed by atoms with Crippen LogP contribution in [0.1, 0.15) is 51.8 Å². The van der Waals surface area contributed by atoms with Gasteiger partial charge in [0.1, 0.15) is 11.6 Å². The summed E-state index contributed by atoms with van der Waals surface area (Å²) in [5.74, 6) is 0.278. The average molecular weight is 377 g/mol. The summed E-state index contributed by atoms with van der Waals surface area (Å²) in [5, 5.41) is 9.81. The highest BCUT2D eigenvalue weighted by molar-refractivity contribution is 5.70. The van der Waals surface area contributed by atoms with Gasteiger partial charge in [-0.15, -0.1) is 0 Å². The average Bonchev–Trinajstić information content (AvgIpc) is 2.70. The van der Waals surface area contributed by atoms with Crippen LogP contribution in [0.5, 0.6) is 5.75 Å². The van der Waals surface area contributed by atoms with Crippen molar-refractivity contribution in [2.75, 3.05) is 20.8 Å². The minimum atomic E-state index is -0.509. The largest absolute Gasteiger partial charge is 0.497 e. The van der Waals surface area contributed by atoms with Crippen molar-refractivity contribution in [2.45, 2.75) is 47.1 Å². The highest BCUT2D eigenvalue weighted by atomic mass is 19.1. The van der Waals surface area contributed by atoms with Crippen LogP contribution in [0.25, 0.3) is 11.1 Å². The molecular weight excluding hydrogens is 343 g/mol. The van der Waals surface area contributed by atoms with E-state index in [-0.39, 0.29) is 18.5 Å². The number of ether oxygens (including phenoxy) is 2. The molecule has 0 saturated carbocycles. The van der Waals surface area contributed by atoms with E-state index in [9.17, 15) is 9.50 Å². The van der Waals surface area contributed by atoms with Gasteiger partial charge >= 0.3 is 0 Å². The van der Waals surface area contributed by atoms with E-state index in [4.69, 9.17) is 9.47 Å². The van der Waals surface area contributed by atoms with Crippen molar-refractivity contribution in [1.29, 1.82) is 0 Å². The quantitative estimate of drug-likeness (QED) is 0.664. The van der Waals surface area contributed by atoms with Crippen molar-refractivity contribution >= 4 is 0 Å². The van der Waals surface area contributed by atoms with Gasteiger partial charge in [-0.1, -0.05) is 52.8 Å². The van der Waals surface area contributed by atoms with Gasteiger partial charge in [-0.2, -0.15) is 0 Å². The minimum Gasteiger partial charge on any atom is -0.497 e. The van der Waals surface area contributed by atoms with Crippen LogP contribution in [0.2, 0.25) is 0 Å². The fraction of sp³-hybridized carbons (Fsp3) is 0.478. The molecule has 0 saturated heterocycles. The van der Waals surface area contributed by atoms with Crippen LogP contribution in [0.4, 0.5) is 4.39 Å². The second kappa shape index (κ2) is 10.4. The summed E-state index contributed by atoms with van der Waals surface area (Å²) < 4.78 is 25.5. The third-order valence-corrected chi connectivity index (χ3v) is 4.62. The number of hydrogen-bond donors (Lipinski definition) is 1. The van der Waals surface area contributed by atoms with Gasteiger partial charge in [0, 0.05) is 18.1 Å². The molecule has 1 unspecified atom stereocenters. The van der Waals surface area contributed by atoms with Crippen LogP contribution in [0.3, 0.4) is 0 Å². The van der Waals surface area contributed by atoms with Gasteiger partial charge in [0.2, 0.25) is 0 Å². The maximum absolute atomic E-state index is 14.6. The Kier molecular flexibility index (Phi) is 8.94. The Bertz CT molecular complexity index is 726. The zero-order valence-electron chi connectivity index (χ0n) is 17.6. The van der Waals surface area contributed by atoms with Crippen LogP contribution in [-0.2, 0) is 11.2 Å². The number of hydrogen-bond acceptors (Lipinski definition) is 3. The molecule has 3 nitrogen and oxygen atoms in total. The Morgan fingerprint density at radius 3 is 2.22 bits per heavy atom. The maximum atomic E-state index is 14.6. The molecule has 0 aromatic heterocycles. The van der Waals surface area contributed by atoms with E-state index in [0.717, 1.165) is 23.1 Å². The summed E-state index contributed by atoms with van der Waals surface area (Å²) in [5.41, 5.74) is 2.71. The Balaban J connectivity index is 0.00000176. The molecule has 1 N–H and O–H groups in total. The van der Waals surface area contributed by atoms with Crippen LogP contribution < -0.4 is 4.74 Å². The maximum Gasteiger partial charge on any atom is 0.131 e. The summed E-state index contributed by atoms with van der Waals surface area (Å²) in [6.45, 7) is 9.91. The highest BCUT2D eigenvalue weighted by Gasteiger charge is 2.32. The van der Waals surface area contributed by atoms with Crippen molar-refractivity contribution in [3.05, 3.63) is 53.3 Å². The van der Waals surface area contributed by atoms with Gasteiger partial charge in [-0.05, 0) is 41.3 Å². The molecule has 0 aliphatic rings. The van der Waals surface area contributed by atoms with E-state index in [1.54, 1.807) is 26.4 Å². The van der Waals surface area contributed by atoms with Crippen LogP contribution in [0.15, 0.2) is 36.4 Å². The second-order valence-electron chi connectivity index (χ2n) is 6.88. The molecule has 0 aliphatic carbocycles. The van der Waals surface area contributed by atoms with Gasteiger partial charge in [0.15, 0.2) is 0 Å². The Labute approximate surface area is 163 Å². The van der Waals surface area contributed by atoms with E-state index in [0.29, 0.717) is 11.3 Å². The summed E-state index contributed by atoms with van der Waals surface area (Å²) in [7, 11) is 3.18. The molecule has 0 bridgehead atoms. The van der Waals surface area contributed by atoms with Crippen molar-refractivity contribution in [3.63, 3.8) is 0 Å². The lowest BCUT2D eigenvalue weighted by atomic mass is 9.80. The van der Waals surface area contributed by atoms with E-state index >= 15 is 0 Å². The van der Waals surface area contributed by atoms with E-state index in [2.05, 4.69) is 6.92 Å². The molecule has 0 amide bonds. The number of aliphatic hydroxyl groups excluding tert-OH is 1. The first kappa shape index (κ1) is 23.1. The summed E-state index contributed by atoms with van der Waals surface area (Å²) >= 11 is 0. The number of halogens is 1. The Hall–Kier alpha value is -1.91. The third kappa shape index (κ3) is 5.30. The smallest absolute Gasteiger partial charge is 0.131 e. The Morgan fingerprint density at radius 1 is 1.04 bits per heavy atom. The van der Waals surface area contributed by atoms with Crippen molar-refractivity contribution in [1.82, 2.24) is 0 Å². The van der Waals surface area contributed by atoms with Gasteiger partial charge in [0.05, 0.1) is 19.8 Å². The highest BCUT2D eigenvalue weighted by Crippen LogP contribution is 2.42. The molecule has 2 aromatic rings. The molecule has 1 atom stereocenters. The number of aliphatic hydroxyl groups is 1. The monoisotopic (exact) mass is 376 g/mol. The molecule has 2 aromatic carbocycles. The number of aryl methyl sites for hydroxylation is 1. The molecule has 0 aliphatic heterocycles. The lowest BCUT2D eigenvalue weighted by Gasteiger charge is -2.33. The first-order valence-corrected chi connectivity index (χ1v) is 9.48. The number of methoxy groups -OCH3 is 2. The molecule has 0 heterocycles. The molecule has 2 rings (SSSR count). The minimum absolute atomic E-state index is 0.0398. The second-order valence-corrected chi connectivity index (χ2v) is 6.88. The van der Waals surface area contributed by atoms with Crippen LogP contribution in [-0.4, -0.2) is 25.9 Å². The summed E-state index contributed by atoms with van der Waals surface area (Å²) in [6.07, 6.45) is 0.494. The van der Waals surface area contributed by atoms with Crippen molar-refractivity contribution in [3.8, 4) is 16.9 Å². The molecule has 0 radical (unpaired) electrons. The molecule has 150 valence electrons. The predicted molar refractivity (Wildman–Crippen MR) is 110 cm³/mol. The molecule has 0 spiro atoms. The van der Waals surface area contributed by atoms with Crippen molar-refractivity contribution in [2.24, 2.45) is 5.41 Å². The summed E-state index contributed by atoms with van der Waals surface area (Å²) in [4.78, 5) is 0. The Morgan fingerprint density at radius 2 is 1.70 bits per heavy atom. The fourth-order valence-electron chi connectivity index (χ4n) is 3.08. The molecule has 27 heavy (non-hydrogen) atoms. The van der Waals surface area contributed by atoms with Gasteiger partial charge in [0.25, 0.3) is 0 Å². The van der Waals surface area contributed by atoms with Gasteiger partial charge in [-0.3, -0.25) is 0 Å². The van der Waals surface area contributed by atoms with Gasteiger partial charge < -0.3 is 14.6 Å². The normalized spacial score (nSPS) is 12.2. The van der Waals surface area contributed by atoms with E-state index in [1.165, 1.54) is 6.07 Å². The standard InChI is InChI=1S/C21H27FO3.C2H6/c1-6-14-7-9-16(17-12-15(24-4)8-10-19(17)22)18(11-14)20(25-5)21(2,3)13-23;1-2/h7-12,20,23H,6,13H2,1-5H3;1-2H3. The number of benzene rings is 2. The molecule has 0 fully saturated rings.